The second-order valence-electron chi connectivity index (χ2n) is 5.35. The van der Waals surface area contributed by atoms with Gasteiger partial charge in [0.25, 0.3) is 0 Å². The third kappa shape index (κ3) is 3.23. The number of carbonyl (C=O) groups is 2. The van der Waals surface area contributed by atoms with Gasteiger partial charge in [0.1, 0.15) is 5.82 Å². The SMILES string of the molecule is Nc1cc(C(=O)O)ccc1CNc1cnc2c(c1)CCC(=O)N2. The molecule has 0 atom stereocenters. The minimum Gasteiger partial charge on any atom is -0.478 e. The summed E-state index contributed by atoms with van der Waals surface area (Å²) in [4.78, 5) is 26.4. The lowest BCUT2D eigenvalue weighted by Gasteiger charge is -2.17. The smallest absolute Gasteiger partial charge is 0.335 e. The normalized spacial score (nSPS) is 13.1. The molecule has 1 aromatic carbocycles. The van der Waals surface area contributed by atoms with Crippen molar-refractivity contribution in [1.29, 1.82) is 0 Å². The number of hydrogen-bond acceptors (Lipinski definition) is 5. The van der Waals surface area contributed by atoms with Crippen molar-refractivity contribution in [2.24, 2.45) is 0 Å². The summed E-state index contributed by atoms with van der Waals surface area (Å²) in [7, 11) is 0. The van der Waals surface area contributed by atoms with Crippen molar-refractivity contribution in [2.75, 3.05) is 16.4 Å². The average Bonchev–Trinajstić information content (AvgIpc) is 2.53. The van der Waals surface area contributed by atoms with Crippen LogP contribution in [0.1, 0.15) is 27.9 Å². The Balaban J connectivity index is 1.71. The van der Waals surface area contributed by atoms with Gasteiger partial charge in [-0.05, 0) is 35.7 Å². The van der Waals surface area contributed by atoms with E-state index in [1.54, 1.807) is 12.3 Å². The lowest BCUT2D eigenvalue weighted by Crippen LogP contribution is -2.20. The van der Waals surface area contributed by atoms with Crippen molar-refractivity contribution in [3.63, 3.8) is 0 Å². The van der Waals surface area contributed by atoms with Gasteiger partial charge in [-0.3, -0.25) is 4.79 Å². The molecule has 0 radical (unpaired) electrons. The van der Waals surface area contributed by atoms with E-state index in [0.717, 1.165) is 16.8 Å². The summed E-state index contributed by atoms with van der Waals surface area (Å²) >= 11 is 0. The molecule has 1 aromatic heterocycles. The van der Waals surface area contributed by atoms with Crippen LogP contribution in [0.4, 0.5) is 17.2 Å². The fraction of sp³-hybridized carbons (Fsp3) is 0.188. The lowest BCUT2D eigenvalue weighted by molar-refractivity contribution is -0.116. The van der Waals surface area contributed by atoms with Gasteiger partial charge in [-0.15, -0.1) is 0 Å². The van der Waals surface area contributed by atoms with E-state index >= 15 is 0 Å². The van der Waals surface area contributed by atoms with Gasteiger partial charge in [0.05, 0.1) is 17.4 Å². The van der Waals surface area contributed by atoms with Gasteiger partial charge >= 0.3 is 5.97 Å². The van der Waals surface area contributed by atoms with Gasteiger partial charge in [0, 0.05) is 18.7 Å². The molecule has 5 N–H and O–H groups in total. The zero-order valence-corrected chi connectivity index (χ0v) is 12.3. The van der Waals surface area contributed by atoms with Crippen LogP contribution >= 0.6 is 0 Å². The first-order valence-corrected chi connectivity index (χ1v) is 7.17. The van der Waals surface area contributed by atoms with Crippen LogP contribution in [-0.4, -0.2) is 22.0 Å². The Morgan fingerprint density at radius 2 is 2.17 bits per heavy atom. The fourth-order valence-corrected chi connectivity index (χ4v) is 2.44. The van der Waals surface area contributed by atoms with Crippen molar-refractivity contribution < 1.29 is 14.7 Å². The number of nitrogens with two attached hydrogens (primary N) is 1. The quantitative estimate of drug-likeness (QED) is 0.640. The molecule has 118 valence electrons. The summed E-state index contributed by atoms with van der Waals surface area (Å²) in [6, 6.07) is 6.61. The number of carbonyl (C=O) groups excluding carboxylic acids is 1. The van der Waals surface area contributed by atoms with E-state index in [9.17, 15) is 9.59 Å². The molecule has 1 aliphatic rings. The molecular weight excluding hydrogens is 296 g/mol. The first kappa shape index (κ1) is 14.8. The van der Waals surface area contributed by atoms with Crippen molar-refractivity contribution >= 4 is 29.1 Å². The number of carboxylic acids is 1. The summed E-state index contributed by atoms with van der Waals surface area (Å²) in [5.41, 5.74) is 9.09. The highest BCUT2D eigenvalue weighted by Gasteiger charge is 2.16. The number of aromatic nitrogens is 1. The topological polar surface area (TPSA) is 117 Å². The van der Waals surface area contributed by atoms with Crippen LogP contribution in [-0.2, 0) is 17.8 Å². The number of benzene rings is 1. The van der Waals surface area contributed by atoms with E-state index in [1.807, 2.05) is 6.07 Å². The van der Waals surface area contributed by atoms with E-state index in [1.165, 1.54) is 12.1 Å². The maximum Gasteiger partial charge on any atom is 0.335 e. The first-order valence-electron chi connectivity index (χ1n) is 7.17. The number of fused-ring (bicyclic) bond motifs is 1. The standard InChI is InChI=1S/C16H16N4O3/c17-13-6-10(16(22)23)1-2-11(13)7-18-12-5-9-3-4-14(21)20-15(9)19-8-12/h1-2,5-6,8,18H,3-4,7,17H2,(H,22,23)(H,19,20,21). The molecule has 2 aromatic rings. The Labute approximate surface area is 132 Å². The van der Waals surface area contributed by atoms with Gasteiger partial charge in [-0.2, -0.15) is 0 Å². The molecule has 23 heavy (non-hydrogen) atoms. The van der Waals surface area contributed by atoms with Crippen LogP contribution in [0.3, 0.4) is 0 Å². The first-order chi connectivity index (χ1) is 11.0. The number of aryl methyl sites for hydroxylation is 1. The van der Waals surface area contributed by atoms with Crippen LogP contribution in [0.2, 0.25) is 0 Å². The number of nitrogens with zero attached hydrogens (tertiary/aromatic N) is 1. The van der Waals surface area contributed by atoms with Crippen LogP contribution in [0.15, 0.2) is 30.5 Å². The molecule has 2 heterocycles. The molecule has 7 heteroatoms. The van der Waals surface area contributed by atoms with Crippen molar-refractivity contribution in [2.45, 2.75) is 19.4 Å². The minimum atomic E-state index is -1.00. The van der Waals surface area contributed by atoms with E-state index in [-0.39, 0.29) is 11.5 Å². The Kier molecular flexibility index (Phi) is 3.84. The third-order valence-electron chi connectivity index (χ3n) is 3.72. The number of hydrogen-bond donors (Lipinski definition) is 4. The summed E-state index contributed by atoms with van der Waals surface area (Å²) < 4.78 is 0. The minimum absolute atomic E-state index is 0.0167. The molecule has 7 nitrogen and oxygen atoms in total. The molecule has 0 unspecified atom stereocenters. The summed E-state index contributed by atoms with van der Waals surface area (Å²) in [5, 5.41) is 14.9. The highest BCUT2D eigenvalue weighted by atomic mass is 16.4. The van der Waals surface area contributed by atoms with E-state index in [4.69, 9.17) is 10.8 Å². The predicted molar refractivity (Wildman–Crippen MR) is 86.3 cm³/mol. The van der Waals surface area contributed by atoms with Crippen molar-refractivity contribution in [3.05, 3.63) is 47.2 Å². The van der Waals surface area contributed by atoms with Crippen LogP contribution in [0.5, 0.6) is 0 Å². The molecule has 0 spiro atoms. The van der Waals surface area contributed by atoms with Gasteiger partial charge < -0.3 is 21.5 Å². The monoisotopic (exact) mass is 312 g/mol. The van der Waals surface area contributed by atoms with Crippen LogP contribution < -0.4 is 16.4 Å². The highest BCUT2D eigenvalue weighted by Crippen LogP contribution is 2.24. The summed E-state index contributed by atoms with van der Waals surface area (Å²) in [6.07, 6.45) is 2.77. The molecule has 0 saturated carbocycles. The van der Waals surface area contributed by atoms with Gasteiger partial charge in [-0.25, -0.2) is 9.78 Å². The van der Waals surface area contributed by atoms with Gasteiger partial charge in [-0.1, -0.05) is 6.07 Å². The Hall–Kier alpha value is -3.09. The lowest BCUT2D eigenvalue weighted by atomic mass is 10.1. The van der Waals surface area contributed by atoms with Crippen LogP contribution in [0.25, 0.3) is 0 Å². The molecule has 1 aliphatic heterocycles. The summed E-state index contributed by atoms with van der Waals surface area (Å²) in [5.74, 6) is -0.411. The van der Waals surface area contributed by atoms with E-state index in [2.05, 4.69) is 15.6 Å². The zero-order chi connectivity index (χ0) is 16.4. The fourth-order valence-electron chi connectivity index (χ4n) is 2.44. The molecule has 0 aliphatic carbocycles. The summed E-state index contributed by atoms with van der Waals surface area (Å²) in [6.45, 7) is 0.457. The largest absolute Gasteiger partial charge is 0.478 e. The third-order valence-corrected chi connectivity index (χ3v) is 3.72. The molecule has 0 bridgehead atoms. The Bertz CT molecular complexity index is 789. The average molecular weight is 312 g/mol. The number of rotatable bonds is 4. The number of pyridine rings is 1. The Morgan fingerprint density at radius 3 is 2.91 bits per heavy atom. The molecule has 0 fully saturated rings. The molecular formula is C16H16N4O3. The van der Waals surface area contributed by atoms with E-state index < -0.39 is 5.97 Å². The van der Waals surface area contributed by atoms with Crippen molar-refractivity contribution in [1.82, 2.24) is 4.98 Å². The predicted octanol–water partition coefficient (Wildman–Crippen LogP) is 1.86. The van der Waals surface area contributed by atoms with Gasteiger partial charge in [0.15, 0.2) is 0 Å². The number of carboxylic acid groups (broad SMARTS) is 1. The number of nitrogen functional groups attached to an aromatic ring is 1. The molecule has 0 saturated heterocycles. The number of anilines is 3. The number of amides is 1. The Morgan fingerprint density at radius 1 is 1.35 bits per heavy atom. The van der Waals surface area contributed by atoms with E-state index in [0.29, 0.717) is 30.9 Å². The molecule has 3 rings (SSSR count). The number of aromatic carboxylic acids is 1. The highest BCUT2D eigenvalue weighted by molar-refractivity contribution is 5.93. The maximum absolute atomic E-state index is 11.3. The maximum atomic E-state index is 11.3. The van der Waals surface area contributed by atoms with Crippen LogP contribution in [0, 0.1) is 0 Å². The van der Waals surface area contributed by atoms with Gasteiger partial charge in [0.2, 0.25) is 5.91 Å². The van der Waals surface area contributed by atoms with Crippen molar-refractivity contribution in [3.8, 4) is 0 Å². The zero-order valence-electron chi connectivity index (χ0n) is 12.3. The second kappa shape index (κ2) is 5.96. The number of nitrogens with one attached hydrogen (secondary N) is 2. The molecule has 1 amide bonds. The second-order valence-corrected chi connectivity index (χ2v) is 5.35.